The quantitative estimate of drug-likeness (QED) is 0.326. The summed E-state index contributed by atoms with van der Waals surface area (Å²) in [7, 11) is 0. The Morgan fingerprint density at radius 2 is 2.27 bits per heavy atom. The summed E-state index contributed by atoms with van der Waals surface area (Å²) in [6, 6.07) is 0. The molecule has 11 heavy (non-hydrogen) atoms. The molecule has 0 aromatic carbocycles. The van der Waals surface area contributed by atoms with Gasteiger partial charge in [-0.05, 0) is 6.92 Å². The molecule has 0 fully saturated rings. The smallest absolute Gasteiger partial charge is 0.396 e. The van der Waals surface area contributed by atoms with Gasteiger partial charge in [0.05, 0.1) is 13.2 Å². The molecular weight excluding hydrogens is 146 g/mol. The maximum Gasteiger partial charge on any atom is 0.396 e. The molecular formula is C7H9NO3. The summed E-state index contributed by atoms with van der Waals surface area (Å²) < 4.78 is 4.38. The van der Waals surface area contributed by atoms with Crippen molar-refractivity contribution in [3.63, 3.8) is 0 Å². The van der Waals surface area contributed by atoms with Gasteiger partial charge in [-0.25, -0.2) is 4.79 Å². The highest BCUT2D eigenvalue weighted by molar-refractivity contribution is 6.32. The van der Waals surface area contributed by atoms with Crippen LogP contribution in [0.1, 0.15) is 6.92 Å². The summed E-state index contributed by atoms with van der Waals surface area (Å²) in [6.45, 7) is 1.84. The van der Waals surface area contributed by atoms with Crippen molar-refractivity contribution in [2.24, 2.45) is 0 Å². The molecule has 4 nitrogen and oxygen atoms in total. The van der Waals surface area contributed by atoms with Crippen molar-refractivity contribution in [1.29, 1.82) is 0 Å². The minimum atomic E-state index is -0.900. The van der Waals surface area contributed by atoms with Gasteiger partial charge in [0.1, 0.15) is 0 Å². The topological polar surface area (TPSA) is 55.4 Å². The molecule has 0 bridgehead atoms. The second kappa shape index (κ2) is 5.30. The van der Waals surface area contributed by atoms with Gasteiger partial charge < -0.3 is 10.1 Å². The first kappa shape index (κ1) is 9.50. The van der Waals surface area contributed by atoms with Crippen LogP contribution in [0.2, 0.25) is 0 Å². The monoisotopic (exact) mass is 155 g/mol. The van der Waals surface area contributed by atoms with Crippen molar-refractivity contribution in [2.45, 2.75) is 6.92 Å². The molecule has 0 atom stereocenters. The van der Waals surface area contributed by atoms with Gasteiger partial charge in [0, 0.05) is 0 Å². The van der Waals surface area contributed by atoms with Gasteiger partial charge in [-0.15, -0.1) is 6.42 Å². The minimum absolute atomic E-state index is 0.0393. The molecule has 0 saturated carbocycles. The summed E-state index contributed by atoms with van der Waals surface area (Å²) in [5, 5.41) is 2.17. The van der Waals surface area contributed by atoms with Crippen molar-refractivity contribution < 1.29 is 14.3 Å². The number of nitrogens with one attached hydrogen (secondary N) is 1. The van der Waals surface area contributed by atoms with Crippen LogP contribution in [0.4, 0.5) is 0 Å². The molecule has 1 N–H and O–H groups in total. The van der Waals surface area contributed by atoms with E-state index in [1.807, 2.05) is 0 Å². The molecule has 0 aliphatic rings. The molecule has 0 aliphatic carbocycles. The average molecular weight is 155 g/mol. The third-order valence-corrected chi connectivity index (χ3v) is 0.812. The molecule has 0 aliphatic heterocycles. The van der Waals surface area contributed by atoms with E-state index in [4.69, 9.17) is 6.42 Å². The number of hydrogen-bond acceptors (Lipinski definition) is 3. The lowest BCUT2D eigenvalue weighted by Crippen LogP contribution is -2.32. The van der Waals surface area contributed by atoms with E-state index in [1.165, 1.54) is 0 Å². The number of hydrogen-bond donors (Lipinski definition) is 1. The van der Waals surface area contributed by atoms with E-state index >= 15 is 0 Å². The molecule has 4 heteroatoms. The second-order valence-electron chi connectivity index (χ2n) is 1.61. The summed E-state index contributed by atoms with van der Waals surface area (Å²) in [5.41, 5.74) is 0. The van der Waals surface area contributed by atoms with E-state index in [0.29, 0.717) is 0 Å². The average Bonchev–Trinajstić information content (AvgIpc) is 2.00. The molecule has 0 heterocycles. The zero-order chi connectivity index (χ0) is 8.69. The van der Waals surface area contributed by atoms with Crippen molar-refractivity contribution >= 4 is 11.9 Å². The molecule has 1 amide bonds. The highest BCUT2D eigenvalue weighted by Crippen LogP contribution is 1.76. The molecule has 0 rings (SSSR count). The number of esters is 1. The van der Waals surface area contributed by atoms with Crippen LogP contribution < -0.4 is 5.32 Å². The summed E-state index contributed by atoms with van der Waals surface area (Å²) in [6.07, 6.45) is 4.83. The minimum Gasteiger partial charge on any atom is -0.459 e. The zero-order valence-corrected chi connectivity index (χ0v) is 6.22. The maximum atomic E-state index is 10.6. The summed E-state index contributed by atoms with van der Waals surface area (Å²) in [5.74, 6) is 0.455. The van der Waals surface area contributed by atoms with Gasteiger partial charge in [-0.3, -0.25) is 4.79 Å². The molecule has 0 spiro atoms. The first-order chi connectivity index (χ1) is 5.22. The number of terminal acetylenes is 1. The lowest BCUT2D eigenvalue weighted by atomic mass is 10.5. The third kappa shape index (κ3) is 3.98. The Morgan fingerprint density at radius 1 is 1.64 bits per heavy atom. The van der Waals surface area contributed by atoms with Crippen molar-refractivity contribution in [2.75, 3.05) is 13.2 Å². The standard InChI is InChI=1S/C7H9NO3/c1-3-5-8-6(9)7(10)11-4-2/h1H,4-5H2,2H3,(H,8,9). The van der Waals surface area contributed by atoms with Crippen LogP contribution in [-0.2, 0) is 14.3 Å². The fourth-order valence-corrected chi connectivity index (χ4v) is 0.400. The largest absolute Gasteiger partial charge is 0.459 e. The van der Waals surface area contributed by atoms with E-state index in [0.717, 1.165) is 0 Å². The van der Waals surface area contributed by atoms with Gasteiger partial charge in [0.15, 0.2) is 0 Å². The van der Waals surface area contributed by atoms with Crippen LogP contribution in [-0.4, -0.2) is 25.0 Å². The normalized spacial score (nSPS) is 8.00. The van der Waals surface area contributed by atoms with Crippen LogP contribution >= 0.6 is 0 Å². The lowest BCUT2D eigenvalue weighted by molar-refractivity contribution is -0.154. The van der Waals surface area contributed by atoms with Crippen molar-refractivity contribution in [3.8, 4) is 12.3 Å². The van der Waals surface area contributed by atoms with Crippen molar-refractivity contribution in [1.82, 2.24) is 5.32 Å². The molecule has 60 valence electrons. The molecule has 0 aromatic rings. The van der Waals surface area contributed by atoms with Crippen LogP contribution in [0.5, 0.6) is 0 Å². The fourth-order valence-electron chi connectivity index (χ4n) is 0.400. The fraction of sp³-hybridized carbons (Fsp3) is 0.429. The Labute approximate surface area is 64.9 Å². The molecule has 0 aromatic heterocycles. The number of ether oxygens (including phenoxy) is 1. The second-order valence-corrected chi connectivity index (χ2v) is 1.61. The molecule has 0 radical (unpaired) electrons. The SMILES string of the molecule is C#CCNC(=O)C(=O)OCC. The Kier molecular flexibility index (Phi) is 4.58. The first-order valence-corrected chi connectivity index (χ1v) is 3.10. The van der Waals surface area contributed by atoms with E-state index < -0.39 is 11.9 Å². The Balaban J connectivity index is 3.67. The molecule has 0 saturated heterocycles. The predicted octanol–water partition coefficient (Wildman–Crippen LogP) is -0.701. The van der Waals surface area contributed by atoms with E-state index in [9.17, 15) is 9.59 Å². The molecule has 0 unspecified atom stereocenters. The van der Waals surface area contributed by atoms with E-state index in [-0.39, 0.29) is 13.2 Å². The zero-order valence-electron chi connectivity index (χ0n) is 6.22. The number of amides is 1. The Bertz CT molecular complexity index is 192. The predicted molar refractivity (Wildman–Crippen MR) is 38.5 cm³/mol. The van der Waals surface area contributed by atoms with Crippen LogP contribution in [0.15, 0.2) is 0 Å². The highest BCUT2D eigenvalue weighted by atomic mass is 16.5. The van der Waals surface area contributed by atoms with Crippen LogP contribution in [0.25, 0.3) is 0 Å². The number of carbonyl (C=O) groups excluding carboxylic acids is 2. The third-order valence-electron chi connectivity index (χ3n) is 0.812. The van der Waals surface area contributed by atoms with Gasteiger partial charge in [0.25, 0.3) is 0 Å². The van der Waals surface area contributed by atoms with Crippen molar-refractivity contribution in [3.05, 3.63) is 0 Å². The number of carbonyl (C=O) groups is 2. The van der Waals surface area contributed by atoms with E-state index in [1.54, 1.807) is 6.92 Å². The number of rotatable bonds is 2. The maximum absolute atomic E-state index is 10.6. The summed E-state index contributed by atoms with van der Waals surface area (Å²) in [4.78, 5) is 21.2. The highest BCUT2D eigenvalue weighted by Gasteiger charge is 2.12. The summed E-state index contributed by atoms with van der Waals surface area (Å²) >= 11 is 0. The van der Waals surface area contributed by atoms with Gasteiger partial charge in [-0.1, -0.05) is 5.92 Å². The van der Waals surface area contributed by atoms with Gasteiger partial charge >= 0.3 is 11.9 Å². The van der Waals surface area contributed by atoms with Crippen LogP contribution in [0.3, 0.4) is 0 Å². The Morgan fingerprint density at radius 3 is 2.73 bits per heavy atom. The Hall–Kier alpha value is -1.50. The van der Waals surface area contributed by atoms with Gasteiger partial charge in [-0.2, -0.15) is 0 Å². The lowest BCUT2D eigenvalue weighted by Gasteiger charge is -1.99. The first-order valence-electron chi connectivity index (χ1n) is 3.10. The van der Waals surface area contributed by atoms with Gasteiger partial charge in [0.2, 0.25) is 0 Å². The van der Waals surface area contributed by atoms with Crippen LogP contribution in [0, 0.1) is 12.3 Å². The van der Waals surface area contributed by atoms with E-state index in [2.05, 4.69) is 16.0 Å².